The third-order valence-corrected chi connectivity index (χ3v) is 4.25. The van der Waals surface area contributed by atoms with Gasteiger partial charge in [0.2, 0.25) is 0 Å². The Bertz CT molecular complexity index is 961. The van der Waals surface area contributed by atoms with E-state index < -0.39 is 0 Å². The van der Waals surface area contributed by atoms with Crippen molar-refractivity contribution in [1.82, 2.24) is 9.97 Å². The molecule has 0 saturated heterocycles. The van der Waals surface area contributed by atoms with Gasteiger partial charge in [0.25, 0.3) is 0 Å². The van der Waals surface area contributed by atoms with Crippen molar-refractivity contribution >= 4 is 28.6 Å². The summed E-state index contributed by atoms with van der Waals surface area (Å²) >= 11 is 0. The standard InChI is InChI=1S/C20H21N3O2/c1-3-23(4-2)16-9-5-14(6-10-16)7-12-19(24)15-8-11-17-18(13-15)22-20(25)21-17/h5-13H,3-4H2,1-2H3,(H2,21,22,25). The Morgan fingerprint density at radius 2 is 1.68 bits per heavy atom. The lowest BCUT2D eigenvalue weighted by Crippen LogP contribution is -2.21. The molecule has 0 aliphatic rings. The van der Waals surface area contributed by atoms with Crippen molar-refractivity contribution in [3.63, 3.8) is 0 Å². The maximum absolute atomic E-state index is 12.3. The first kappa shape index (κ1) is 16.8. The maximum Gasteiger partial charge on any atom is 0.323 e. The van der Waals surface area contributed by atoms with Gasteiger partial charge >= 0.3 is 5.69 Å². The number of imidazole rings is 1. The predicted molar refractivity (Wildman–Crippen MR) is 102 cm³/mol. The van der Waals surface area contributed by atoms with Crippen LogP contribution in [0.1, 0.15) is 29.8 Å². The molecule has 0 atom stereocenters. The number of hydrogen-bond donors (Lipinski definition) is 2. The van der Waals surface area contributed by atoms with Crippen molar-refractivity contribution in [2.45, 2.75) is 13.8 Å². The molecule has 5 heteroatoms. The highest BCUT2D eigenvalue weighted by Gasteiger charge is 2.05. The summed E-state index contributed by atoms with van der Waals surface area (Å²) in [5, 5.41) is 0. The molecule has 0 fully saturated rings. The molecule has 5 nitrogen and oxygen atoms in total. The van der Waals surface area contributed by atoms with Crippen LogP contribution >= 0.6 is 0 Å². The van der Waals surface area contributed by atoms with Crippen LogP contribution in [0, 0.1) is 0 Å². The van der Waals surface area contributed by atoms with Crippen LogP contribution in [0.5, 0.6) is 0 Å². The number of aromatic nitrogens is 2. The van der Waals surface area contributed by atoms with Crippen molar-refractivity contribution in [3.8, 4) is 0 Å². The van der Waals surface area contributed by atoms with E-state index in [0.717, 1.165) is 18.7 Å². The van der Waals surface area contributed by atoms with E-state index in [1.54, 1.807) is 30.4 Å². The highest BCUT2D eigenvalue weighted by atomic mass is 16.1. The minimum Gasteiger partial charge on any atom is -0.372 e. The number of carbonyl (C=O) groups excluding carboxylic acids is 1. The van der Waals surface area contributed by atoms with Crippen LogP contribution in [0.25, 0.3) is 17.1 Å². The number of hydrogen-bond acceptors (Lipinski definition) is 3. The molecule has 128 valence electrons. The van der Waals surface area contributed by atoms with Gasteiger partial charge in [-0.15, -0.1) is 0 Å². The first-order valence-corrected chi connectivity index (χ1v) is 8.40. The van der Waals surface area contributed by atoms with Crippen molar-refractivity contribution < 1.29 is 4.79 Å². The van der Waals surface area contributed by atoms with Crippen LogP contribution in [0.3, 0.4) is 0 Å². The quantitative estimate of drug-likeness (QED) is 0.534. The highest BCUT2D eigenvalue weighted by Crippen LogP contribution is 2.16. The average Bonchev–Trinajstić information content (AvgIpc) is 3.01. The van der Waals surface area contributed by atoms with Crippen molar-refractivity contribution in [1.29, 1.82) is 0 Å². The van der Waals surface area contributed by atoms with Crippen molar-refractivity contribution in [2.24, 2.45) is 0 Å². The minimum absolute atomic E-state index is 0.100. The lowest BCUT2D eigenvalue weighted by atomic mass is 10.1. The lowest BCUT2D eigenvalue weighted by molar-refractivity contribution is 0.104. The summed E-state index contributed by atoms with van der Waals surface area (Å²) in [6.45, 7) is 6.19. The number of carbonyl (C=O) groups is 1. The summed E-state index contributed by atoms with van der Waals surface area (Å²) < 4.78 is 0. The third-order valence-electron chi connectivity index (χ3n) is 4.25. The molecule has 0 amide bonds. The number of ketones is 1. The second-order valence-corrected chi connectivity index (χ2v) is 5.80. The van der Waals surface area contributed by atoms with E-state index in [1.807, 2.05) is 12.1 Å². The molecule has 2 aromatic carbocycles. The molecule has 0 unspecified atom stereocenters. The molecular weight excluding hydrogens is 314 g/mol. The van der Waals surface area contributed by atoms with Crippen LogP contribution in [-0.4, -0.2) is 28.8 Å². The van der Waals surface area contributed by atoms with E-state index >= 15 is 0 Å². The largest absolute Gasteiger partial charge is 0.372 e. The number of nitrogens with zero attached hydrogens (tertiary/aromatic N) is 1. The Morgan fingerprint density at radius 3 is 2.36 bits per heavy atom. The zero-order valence-corrected chi connectivity index (χ0v) is 14.4. The van der Waals surface area contributed by atoms with Crippen LogP contribution in [0.2, 0.25) is 0 Å². The second-order valence-electron chi connectivity index (χ2n) is 5.80. The molecule has 3 rings (SSSR count). The topological polar surface area (TPSA) is 69.0 Å². The average molecular weight is 335 g/mol. The van der Waals surface area contributed by atoms with Gasteiger partial charge in [0.05, 0.1) is 11.0 Å². The first-order valence-electron chi connectivity index (χ1n) is 8.40. The van der Waals surface area contributed by atoms with Crippen LogP contribution in [-0.2, 0) is 0 Å². The summed E-state index contributed by atoms with van der Waals surface area (Å²) in [6, 6.07) is 13.3. The second kappa shape index (κ2) is 7.21. The molecular formula is C20H21N3O2. The number of fused-ring (bicyclic) bond motifs is 1. The van der Waals surface area contributed by atoms with E-state index in [4.69, 9.17) is 0 Å². The molecule has 0 aliphatic heterocycles. The number of rotatable bonds is 6. The monoisotopic (exact) mass is 335 g/mol. The number of benzene rings is 2. The zero-order chi connectivity index (χ0) is 17.8. The van der Waals surface area contributed by atoms with E-state index in [0.29, 0.717) is 16.6 Å². The fourth-order valence-corrected chi connectivity index (χ4v) is 2.84. The van der Waals surface area contributed by atoms with Crippen LogP contribution < -0.4 is 10.6 Å². The zero-order valence-electron chi connectivity index (χ0n) is 14.4. The predicted octanol–water partition coefficient (Wildman–Crippen LogP) is 3.60. The van der Waals surface area contributed by atoms with Crippen LogP contribution in [0.4, 0.5) is 5.69 Å². The lowest BCUT2D eigenvalue weighted by Gasteiger charge is -2.20. The van der Waals surface area contributed by atoms with Crippen LogP contribution in [0.15, 0.2) is 53.3 Å². The third kappa shape index (κ3) is 3.71. The summed E-state index contributed by atoms with van der Waals surface area (Å²) in [5.74, 6) is -0.100. The van der Waals surface area contributed by atoms with Crippen molar-refractivity contribution in [3.05, 3.63) is 70.2 Å². The Balaban J connectivity index is 1.75. The van der Waals surface area contributed by atoms with Crippen molar-refractivity contribution in [2.75, 3.05) is 18.0 Å². The van der Waals surface area contributed by atoms with Gasteiger partial charge in [-0.3, -0.25) is 4.79 Å². The summed E-state index contributed by atoms with van der Waals surface area (Å²) in [7, 11) is 0. The number of aromatic amines is 2. The molecule has 0 spiro atoms. The van der Waals surface area contributed by atoms with Gasteiger partial charge in [-0.05, 0) is 55.8 Å². The molecule has 25 heavy (non-hydrogen) atoms. The number of anilines is 1. The highest BCUT2D eigenvalue weighted by molar-refractivity contribution is 6.08. The van der Waals surface area contributed by atoms with Gasteiger partial charge in [-0.1, -0.05) is 18.2 Å². The maximum atomic E-state index is 12.3. The Morgan fingerprint density at radius 1 is 1.00 bits per heavy atom. The Labute approximate surface area is 146 Å². The summed E-state index contributed by atoms with van der Waals surface area (Å²) in [4.78, 5) is 31.2. The SMILES string of the molecule is CCN(CC)c1ccc(C=CC(=O)c2ccc3[nH]c(=O)[nH]c3c2)cc1. The molecule has 0 radical (unpaired) electrons. The van der Waals surface area contributed by atoms with Gasteiger partial charge in [0.15, 0.2) is 5.78 Å². The Hall–Kier alpha value is -3.08. The molecule has 2 N–H and O–H groups in total. The summed E-state index contributed by atoms with van der Waals surface area (Å²) in [5.41, 5.74) is 3.74. The van der Waals surface area contributed by atoms with E-state index in [-0.39, 0.29) is 11.5 Å². The van der Waals surface area contributed by atoms with E-state index in [1.165, 1.54) is 5.69 Å². The molecule has 0 saturated carbocycles. The van der Waals surface area contributed by atoms with E-state index in [2.05, 4.69) is 40.8 Å². The minimum atomic E-state index is -0.275. The molecule has 3 aromatic rings. The number of H-pyrrole nitrogens is 2. The fourth-order valence-electron chi connectivity index (χ4n) is 2.84. The van der Waals surface area contributed by atoms with Gasteiger partial charge in [0.1, 0.15) is 0 Å². The van der Waals surface area contributed by atoms with Gasteiger partial charge < -0.3 is 14.9 Å². The normalized spacial score (nSPS) is 11.3. The Kier molecular flexibility index (Phi) is 4.84. The number of nitrogens with one attached hydrogen (secondary N) is 2. The molecule has 0 aliphatic carbocycles. The smallest absolute Gasteiger partial charge is 0.323 e. The summed E-state index contributed by atoms with van der Waals surface area (Å²) in [6.07, 6.45) is 3.36. The van der Waals surface area contributed by atoms with Gasteiger partial charge in [0, 0.05) is 24.3 Å². The molecule has 0 bridgehead atoms. The molecule has 1 aromatic heterocycles. The fraction of sp³-hybridized carbons (Fsp3) is 0.200. The van der Waals surface area contributed by atoms with Gasteiger partial charge in [-0.25, -0.2) is 4.79 Å². The van der Waals surface area contributed by atoms with E-state index in [9.17, 15) is 9.59 Å². The first-order chi connectivity index (χ1) is 12.1. The molecule has 1 heterocycles. The van der Waals surface area contributed by atoms with Gasteiger partial charge in [-0.2, -0.15) is 0 Å². The number of allylic oxidation sites excluding steroid dienone is 1.